The molecule has 0 bridgehead atoms. The van der Waals surface area contributed by atoms with E-state index in [0.717, 1.165) is 61.5 Å². The molecule has 1 fully saturated rings. The van der Waals surface area contributed by atoms with E-state index in [2.05, 4.69) is 83.3 Å². The smallest absolute Gasteiger partial charge is 0.223 e. The number of likely N-dealkylation sites (N-methyl/N-ethyl adjacent to an activating group) is 1. The maximum Gasteiger partial charge on any atom is 0.223 e. The minimum atomic E-state index is -0.147. The van der Waals surface area contributed by atoms with Crippen molar-refractivity contribution < 1.29 is 14.3 Å². The van der Waals surface area contributed by atoms with Gasteiger partial charge in [-0.1, -0.05) is 91.9 Å². The van der Waals surface area contributed by atoms with Crippen molar-refractivity contribution in [2.75, 3.05) is 39.8 Å². The second-order valence-electron chi connectivity index (χ2n) is 11.5. The minimum Gasteiger partial charge on any atom is -0.493 e. The second-order valence-corrected chi connectivity index (χ2v) is 11.5. The highest BCUT2D eigenvalue weighted by atomic mass is 16.5. The van der Waals surface area contributed by atoms with Gasteiger partial charge in [0.2, 0.25) is 5.91 Å². The maximum absolute atomic E-state index is 13.9. The number of hydrogen-bond acceptors (Lipinski definition) is 4. The van der Waals surface area contributed by atoms with Crippen molar-refractivity contribution in [3.05, 3.63) is 132 Å². The molecule has 5 aromatic rings. The Kier molecular flexibility index (Phi) is 9.28. The highest BCUT2D eigenvalue weighted by molar-refractivity contribution is 5.87. The van der Waals surface area contributed by atoms with Gasteiger partial charge in [0.25, 0.3) is 0 Å². The molecular formula is C38H41N3O3. The summed E-state index contributed by atoms with van der Waals surface area (Å²) >= 11 is 0. The zero-order valence-corrected chi connectivity index (χ0v) is 25.7. The number of carbonyl (C=O) groups excluding carboxylic acids is 1. The number of rotatable bonds is 11. The van der Waals surface area contributed by atoms with Gasteiger partial charge in [-0.25, -0.2) is 0 Å². The van der Waals surface area contributed by atoms with Gasteiger partial charge >= 0.3 is 0 Å². The fourth-order valence-electron chi connectivity index (χ4n) is 6.24. The molecule has 2 heterocycles. The zero-order chi connectivity index (χ0) is 30.3. The van der Waals surface area contributed by atoms with Gasteiger partial charge in [-0.15, -0.1) is 0 Å². The van der Waals surface area contributed by atoms with Crippen molar-refractivity contribution in [1.29, 1.82) is 0 Å². The first-order valence-electron chi connectivity index (χ1n) is 15.6. The molecule has 226 valence electrons. The summed E-state index contributed by atoms with van der Waals surface area (Å²) in [5.74, 6) is 1.40. The van der Waals surface area contributed by atoms with E-state index in [0.29, 0.717) is 24.5 Å². The monoisotopic (exact) mass is 587 g/mol. The fraction of sp³-hybridized carbons (Fsp3) is 0.289. The summed E-state index contributed by atoms with van der Waals surface area (Å²) < 4.78 is 14.3. The van der Waals surface area contributed by atoms with Crippen LogP contribution in [0.2, 0.25) is 0 Å². The van der Waals surface area contributed by atoms with Crippen LogP contribution >= 0.6 is 0 Å². The van der Waals surface area contributed by atoms with Gasteiger partial charge < -0.3 is 23.8 Å². The van der Waals surface area contributed by atoms with Gasteiger partial charge in [0.1, 0.15) is 6.61 Å². The summed E-state index contributed by atoms with van der Waals surface area (Å²) in [7, 11) is 1.67. The van der Waals surface area contributed by atoms with Crippen LogP contribution in [0.3, 0.4) is 0 Å². The van der Waals surface area contributed by atoms with Crippen molar-refractivity contribution in [2.45, 2.75) is 32.4 Å². The summed E-state index contributed by atoms with van der Waals surface area (Å²) in [6, 6.07) is 35.3. The van der Waals surface area contributed by atoms with Crippen LogP contribution in [0.1, 0.15) is 41.5 Å². The number of ether oxygens (including phenoxy) is 2. The molecule has 1 aromatic heterocycles. The fourth-order valence-corrected chi connectivity index (χ4v) is 6.24. The van der Waals surface area contributed by atoms with Crippen molar-refractivity contribution in [2.24, 2.45) is 0 Å². The quantitative estimate of drug-likeness (QED) is 0.168. The van der Waals surface area contributed by atoms with E-state index in [4.69, 9.17) is 9.47 Å². The minimum absolute atomic E-state index is 0.147. The molecule has 0 saturated carbocycles. The lowest BCUT2D eigenvalue weighted by atomic mass is 9.87. The molecule has 1 saturated heterocycles. The highest BCUT2D eigenvalue weighted by Crippen LogP contribution is 2.39. The molecule has 0 aliphatic carbocycles. The molecule has 1 amide bonds. The Morgan fingerprint density at radius 1 is 0.795 bits per heavy atom. The number of piperazine rings is 1. The third kappa shape index (κ3) is 6.66. The Hall–Kier alpha value is -4.55. The number of carbonyl (C=O) groups is 1. The number of aromatic nitrogens is 1. The number of fused-ring (bicyclic) bond motifs is 1. The first-order valence-corrected chi connectivity index (χ1v) is 15.6. The van der Waals surface area contributed by atoms with Gasteiger partial charge in [-0.2, -0.15) is 0 Å². The van der Waals surface area contributed by atoms with Crippen LogP contribution in [-0.4, -0.2) is 60.1 Å². The largest absolute Gasteiger partial charge is 0.493 e. The van der Waals surface area contributed by atoms with Gasteiger partial charge in [-0.3, -0.25) is 4.79 Å². The molecule has 6 nitrogen and oxygen atoms in total. The average Bonchev–Trinajstić information content (AvgIpc) is 3.44. The summed E-state index contributed by atoms with van der Waals surface area (Å²) in [4.78, 5) is 18.3. The van der Waals surface area contributed by atoms with Gasteiger partial charge in [0.05, 0.1) is 7.11 Å². The number of methoxy groups -OCH3 is 1. The van der Waals surface area contributed by atoms with Gasteiger partial charge in [0, 0.05) is 62.2 Å². The van der Waals surface area contributed by atoms with E-state index in [1.807, 2.05) is 47.4 Å². The van der Waals surface area contributed by atoms with Crippen molar-refractivity contribution >= 4 is 16.8 Å². The Labute approximate surface area is 260 Å². The van der Waals surface area contributed by atoms with E-state index in [-0.39, 0.29) is 11.8 Å². The van der Waals surface area contributed by atoms with Crippen molar-refractivity contribution in [1.82, 2.24) is 14.4 Å². The molecule has 44 heavy (non-hydrogen) atoms. The predicted molar refractivity (Wildman–Crippen MR) is 176 cm³/mol. The maximum atomic E-state index is 13.9. The molecule has 1 aliphatic rings. The standard InChI is InChI=1S/C38H41N3O3/c1-3-39-20-22-40(23-21-39)38(42)25-33(31-18-19-36(37(24-31)43-2)44-28-30-14-8-5-9-15-30)34-27-41(26-29-12-6-4-7-13-29)35-17-11-10-16-32(34)35/h4-19,24,27,33H,3,20-23,25-26,28H2,1-2H3. The molecule has 0 spiro atoms. The topological polar surface area (TPSA) is 46.9 Å². The molecule has 4 aromatic carbocycles. The number of para-hydroxylation sites is 1. The highest BCUT2D eigenvalue weighted by Gasteiger charge is 2.28. The Morgan fingerprint density at radius 3 is 2.18 bits per heavy atom. The lowest BCUT2D eigenvalue weighted by Gasteiger charge is -2.35. The van der Waals surface area contributed by atoms with E-state index in [1.54, 1.807) is 7.11 Å². The second kappa shape index (κ2) is 13.8. The predicted octanol–water partition coefficient (Wildman–Crippen LogP) is 6.96. The lowest BCUT2D eigenvalue weighted by molar-refractivity contribution is -0.133. The van der Waals surface area contributed by atoms with E-state index < -0.39 is 0 Å². The molecule has 0 radical (unpaired) electrons. The Morgan fingerprint density at radius 2 is 1.48 bits per heavy atom. The van der Waals surface area contributed by atoms with Crippen LogP contribution < -0.4 is 9.47 Å². The molecule has 1 atom stereocenters. The zero-order valence-electron chi connectivity index (χ0n) is 25.7. The van der Waals surface area contributed by atoms with Crippen LogP contribution in [0, 0.1) is 0 Å². The first kappa shape index (κ1) is 29.5. The SMILES string of the molecule is CCN1CCN(C(=O)CC(c2ccc(OCc3ccccc3)c(OC)c2)c2cn(Cc3ccccc3)c3ccccc23)CC1. The molecule has 0 N–H and O–H groups in total. The Balaban J connectivity index is 1.36. The number of amides is 1. The van der Waals surface area contributed by atoms with Gasteiger partial charge in [-0.05, 0) is 47.0 Å². The van der Waals surface area contributed by atoms with Gasteiger partial charge in [0.15, 0.2) is 11.5 Å². The molecular weight excluding hydrogens is 546 g/mol. The summed E-state index contributed by atoms with van der Waals surface area (Å²) in [5.41, 5.74) is 5.68. The normalized spacial score (nSPS) is 14.5. The summed E-state index contributed by atoms with van der Waals surface area (Å²) in [6.45, 7) is 7.79. The first-order chi connectivity index (χ1) is 21.6. The third-order valence-electron chi connectivity index (χ3n) is 8.77. The molecule has 6 heteroatoms. The lowest BCUT2D eigenvalue weighted by Crippen LogP contribution is -2.48. The van der Waals surface area contributed by atoms with Crippen LogP contribution in [0.15, 0.2) is 109 Å². The molecule has 6 rings (SSSR count). The third-order valence-corrected chi connectivity index (χ3v) is 8.77. The number of nitrogens with zero attached hydrogens (tertiary/aromatic N) is 3. The summed E-state index contributed by atoms with van der Waals surface area (Å²) in [5, 5.41) is 1.17. The summed E-state index contributed by atoms with van der Waals surface area (Å²) in [6.07, 6.45) is 2.63. The Bertz CT molecular complexity index is 1670. The van der Waals surface area contributed by atoms with Crippen molar-refractivity contribution in [3.63, 3.8) is 0 Å². The van der Waals surface area contributed by atoms with Crippen molar-refractivity contribution in [3.8, 4) is 11.5 Å². The van der Waals surface area contributed by atoms with Crippen LogP contribution in [0.5, 0.6) is 11.5 Å². The van der Waals surface area contributed by atoms with E-state index in [1.165, 1.54) is 10.9 Å². The number of benzene rings is 4. The van der Waals surface area contributed by atoms with Crippen LogP contribution in [0.4, 0.5) is 0 Å². The van der Waals surface area contributed by atoms with E-state index >= 15 is 0 Å². The van der Waals surface area contributed by atoms with E-state index in [9.17, 15) is 4.79 Å². The van der Waals surface area contributed by atoms with Crippen LogP contribution in [0.25, 0.3) is 10.9 Å². The average molecular weight is 588 g/mol. The van der Waals surface area contributed by atoms with Crippen LogP contribution in [-0.2, 0) is 17.9 Å². The molecule has 1 aliphatic heterocycles. The molecule has 1 unspecified atom stereocenters. The number of hydrogen-bond donors (Lipinski definition) is 0.